The third-order valence-corrected chi connectivity index (χ3v) is 3.23. The maximum atomic E-state index is 13.2. The van der Waals surface area contributed by atoms with Crippen molar-refractivity contribution in [3.05, 3.63) is 35.1 Å². The molecule has 0 aliphatic carbocycles. The van der Waals surface area contributed by atoms with Gasteiger partial charge in [0.15, 0.2) is 0 Å². The summed E-state index contributed by atoms with van der Waals surface area (Å²) >= 11 is 0. The SMILES string of the molecule is CC(C)(CO)CCCNC(=O)c1cc(F)cc(C(F)(F)F)c1. The predicted octanol–water partition coefficient (Wildman–Crippen LogP) is 3.37. The summed E-state index contributed by atoms with van der Waals surface area (Å²) in [6.45, 7) is 3.95. The number of aliphatic hydroxyl groups excluding tert-OH is 1. The Bertz CT molecular complexity index is 527. The van der Waals surface area contributed by atoms with Crippen LogP contribution in [0.5, 0.6) is 0 Å². The summed E-state index contributed by atoms with van der Waals surface area (Å²) in [5.74, 6) is -1.87. The van der Waals surface area contributed by atoms with Gasteiger partial charge in [0.1, 0.15) is 5.82 Å². The highest BCUT2D eigenvalue weighted by Gasteiger charge is 2.32. The van der Waals surface area contributed by atoms with Crippen LogP contribution in [0.15, 0.2) is 18.2 Å². The van der Waals surface area contributed by atoms with Crippen LogP contribution in [0.2, 0.25) is 0 Å². The van der Waals surface area contributed by atoms with Crippen molar-refractivity contribution >= 4 is 5.91 Å². The van der Waals surface area contributed by atoms with Crippen LogP contribution in [0, 0.1) is 11.2 Å². The van der Waals surface area contributed by atoms with E-state index in [9.17, 15) is 22.4 Å². The highest BCUT2D eigenvalue weighted by molar-refractivity contribution is 5.94. The second kappa shape index (κ2) is 7.09. The molecule has 2 N–H and O–H groups in total. The fourth-order valence-corrected chi connectivity index (χ4v) is 1.83. The average molecular weight is 321 g/mol. The van der Waals surface area contributed by atoms with Crippen LogP contribution in [0.4, 0.5) is 17.6 Å². The van der Waals surface area contributed by atoms with E-state index in [4.69, 9.17) is 5.11 Å². The van der Waals surface area contributed by atoms with Gasteiger partial charge in [0.2, 0.25) is 0 Å². The van der Waals surface area contributed by atoms with Gasteiger partial charge in [-0.2, -0.15) is 13.2 Å². The van der Waals surface area contributed by atoms with Gasteiger partial charge in [-0.15, -0.1) is 0 Å². The third kappa shape index (κ3) is 5.63. The molecule has 0 heterocycles. The zero-order chi connectivity index (χ0) is 17.0. The summed E-state index contributed by atoms with van der Waals surface area (Å²) in [7, 11) is 0. The highest BCUT2D eigenvalue weighted by atomic mass is 19.4. The van der Waals surface area contributed by atoms with Crippen LogP contribution in [0.1, 0.15) is 42.6 Å². The van der Waals surface area contributed by atoms with Gasteiger partial charge in [0.25, 0.3) is 5.91 Å². The van der Waals surface area contributed by atoms with Crippen molar-refractivity contribution in [2.45, 2.75) is 32.9 Å². The minimum absolute atomic E-state index is 0.000213. The number of aliphatic hydroxyl groups is 1. The van der Waals surface area contributed by atoms with Crippen LogP contribution in [0.3, 0.4) is 0 Å². The Labute approximate surface area is 126 Å². The fourth-order valence-electron chi connectivity index (χ4n) is 1.83. The van der Waals surface area contributed by atoms with Crippen LogP contribution in [-0.4, -0.2) is 24.2 Å². The van der Waals surface area contributed by atoms with Crippen molar-refractivity contribution in [1.82, 2.24) is 5.32 Å². The van der Waals surface area contributed by atoms with Crippen molar-refractivity contribution < 1.29 is 27.5 Å². The number of rotatable bonds is 6. The van der Waals surface area contributed by atoms with E-state index in [0.717, 1.165) is 6.07 Å². The number of amides is 1. The molecule has 0 saturated carbocycles. The van der Waals surface area contributed by atoms with Crippen LogP contribution in [-0.2, 0) is 6.18 Å². The Kier molecular flexibility index (Phi) is 5.93. The molecule has 124 valence electrons. The molecule has 1 rings (SSSR count). The number of nitrogens with one attached hydrogen (secondary N) is 1. The number of carbonyl (C=O) groups is 1. The lowest BCUT2D eigenvalue weighted by Gasteiger charge is -2.21. The normalized spacial score (nSPS) is 12.3. The standard InChI is InChI=1S/C15H19F4NO2/c1-14(2,9-21)4-3-5-20-13(22)10-6-11(15(17,18)19)8-12(16)7-10/h6-8,21H,3-5,9H2,1-2H3,(H,20,22). The Morgan fingerprint density at radius 2 is 1.86 bits per heavy atom. The lowest BCUT2D eigenvalue weighted by atomic mass is 9.89. The summed E-state index contributed by atoms with van der Waals surface area (Å²) in [6.07, 6.45) is -3.51. The van der Waals surface area contributed by atoms with Crippen LogP contribution < -0.4 is 5.32 Å². The number of halogens is 4. The van der Waals surface area contributed by atoms with Crippen LogP contribution >= 0.6 is 0 Å². The fraction of sp³-hybridized carbons (Fsp3) is 0.533. The first-order chi connectivity index (χ1) is 10.0. The molecule has 0 atom stereocenters. The lowest BCUT2D eigenvalue weighted by Crippen LogP contribution is -2.27. The molecule has 1 amide bonds. The number of hydrogen-bond donors (Lipinski definition) is 2. The molecule has 0 radical (unpaired) electrons. The van der Waals surface area contributed by atoms with Gasteiger partial charge < -0.3 is 10.4 Å². The molecule has 7 heteroatoms. The molecule has 1 aromatic rings. The molecule has 0 aliphatic heterocycles. The van der Waals surface area contributed by atoms with Gasteiger partial charge in [-0.25, -0.2) is 4.39 Å². The largest absolute Gasteiger partial charge is 0.416 e. The molecule has 0 bridgehead atoms. The predicted molar refractivity (Wildman–Crippen MR) is 73.8 cm³/mol. The zero-order valence-corrected chi connectivity index (χ0v) is 12.4. The van der Waals surface area contributed by atoms with Gasteiger partial charge in [0, 0.05) is 18.7 Å². The Morgan fingerprint density at radius 3 is 2.41 bits per heavy atom. The Morgan fingerprint density at radius 1 is 1.23 bits per heavy atom. The molecule has 0 fully saturated rings. The molecule has 22 heavy (non-hydrogen) atoms. The first-order valence-corrected chi connectivity index (χ1v) is 6.82. The quantitative estimate of drug-likeness (QED) is 0.623. The highest BCUT2D eigenvalue weighted by Crippen LogP contribution is 2.30. The topological polar surface area (TPSA) is 49.3 Å². The summed E-state index contributed by atoms with van der Waals surface area (Å²) in [5.41, 5.74) is -1.85. The van der Waals surface area contributed by atoms with E-state index < -0.39 is 23.5 Å². The van der Waals surface area contributed by atoms with E-state index in [2.05, 4.69) is 5.32 Å². The van der Waals surface area contributed by atoms with E-state index in [1.807, 2.05) is 13.8 Å². The Balaban J connectivity index is 2.65. The molecule has 0 spiro atoms. The van der Waals surface area contributed by atoms with Gasteiger partial charge in [-0.3, -0.25) is 4.79 Å². The first kappa shape index (κ1) is 18.4. The second-order valence-electron chi connectivity index (χ2n) is 5.91. The van der Waals surface area contributed by atoms with Crippen molar-refractivity contribution in [1.29, 1.82) is 0 Å². The van der Waals surface area contributed by atoms with Gasteiger partial charge >= 0.3 is 6.18 Å². The Hall–Kier alpha value is -1.63. The average Bonchev–Trinajstić information content (AvgIpc) is 2.41. The number of hydrogen-bond acceptors (Lipinski definition) is 2. The van der Waals surface area contributed by atoms with E-state index >= 15 is 0 Å². The molecular weight excluding hydrogens is 302 g/mol. The van der Waals surface area contributed by atoms with Crippen molar-refractivity contribution in [3.8, 4) is 0 Å². The number of carbonyl (C=O) groups excluding carboxylic acids is 1. The second-order valence-corrected chi connectivity index (χ2v) is 5.91. The summed E-state index contributed by atoms with van der Waals surface area (Å²) < 4.78 is 50.9. The third-order valence-electron chi connectivity index (χ3n) is 3.23. The smallest absolute Gasteiger partial charge is 0.396 e. The maximum absolute atomic E-state index is 13.2. The summed E-state index contributed by atoms with van der Waals surface area (Å²) in [5, 5.41) is 11.5. The minimum atomic E-state index is -4.71. The van der Waals surface area contributed by atoms with Crippen molar-refractivity contribution in [3.63, 3.8) is 0 Å². The van der Waals surface area contributed by atoms with E-state index in [1.165, 1.54) is 0 Å². The lowest BCUT2D eigenvalue weighted by molar-refractivity contribution is -0.137. The van der Waals surface area contributed by atoms with Gasteiger partial charge in [-0.1, -0.05) is 13.8 Å². The molecule has 0 aliphatic rings. The van der Waals surface area contributed by atoms with Gasteiger partial charge in [-0.05, 0) is 36.5 Å². The molecule has 3 nitrogen and oxygen atoms in total. The maximum Gasteiger partial charge on any atom is 0.416 e. The zero-order valence-electron chi connectivity index (χ0n) is 12.4. The molecule has 1 aromatic carbocycles. The van der Waals surface area contributed by atoms with Gasteiger partial charge in [0.05, 0.1) is 5.56 Å². The summed E-state index contributed by atoms with van der Waals surface area (Å²) in [6, 6.07) is 1.73. The van der Waals surface area contributed by atoms with E-state index in [-0.39, 0.29) is 24.1 Å². The number of alkyl halides is 3. The minimum Gasteiger partial charge on any atom is -0.396 e. The first-order valence-electron chi connectivity index (χ1n) is 6.82. The van der Waals surface area contributed by atoms with E-state index in [0.29, 0.717) is 25.0 Å². The monoisotopic (exact) mass is 321 g/mol. The van der Waals surface area contributed by atoms with Crippen LogP contribution in [0.25, 0.3) is 0 Å². The van der Waals surface area contributed by atoms with Crippen molar-refractivity contribution in [2.75, 3.05) is 13.2 Å². The molecular formula is C15H19F4NO2. The molecule has 0 aromatic heterocycles. The van der Waals surface area contributed by atoms with E-state index in [1.54, 1.807) is 0 Å². The van der Waals surface area contributed by atoms with Crippen molar-refractivity contribution in [2.24, 2.45) is 5.41 Å². The number of benzene rings is 1. The summed E-state index contributed by atoms with van der Waals surface area (Å²) in [4.78, 5) is 11.8. The molecule has 0 saturated heterocycles. The molecule has 0 unspecified atom stereocenters.